The summed E-state index contributed by atoms with van der Waals surface area (Å²) in [5.74, 6) is -3.99. The number of carbonyl (C=O) groups excluding carboxylic acids is 2. The van der Waals surface area contributed by atoms with Crippen LogP contribution in [0.2, 0.25) is 0 Å². The second-order valence-corrected chi connectivity index (χ2v) is 6.72. The van der Waals surface area contributed by atoms with E-state index in [0.29, 0.717) is 0 Å². The van der Waals surface area contributed by atoms with Crippen LogP contribution >= 0.6 is 0 Å². The Balaban J connectivity index is 3.12. The van der Waals surface area contributed by atoms with E-state index < -0.39 is 53.0 Å². The maximum atomic E-state index is 12.6. The molecule has 1 heterocycles. The minimum absolute atomic E-state index is 0.394. The van der Waals surface area contributed by atoms with Crippen LogP contribution in [-0.2, 0) is 14.4 Å². The molecule has 0 aromatic carbocycles. The average molecular weight is 365 g/mol. The fraction of sp³-hybridized carbons (Fsp3) is 0.526. The molecule has 1 saturated heterocycles. The highest BCUT2D eigenvalue weighted by Gasteiger charge is 2.50. The number of hydrogen-bond donors (Lipinski definition) is 3. The smallest absolute Gasteiger partial charge is 0.336 e. The lowest BCUT2D eigenvalue weighted by molar-refractivity contribution is -0.166. The maximum Gasteiger partial charge on any atom is 0.336 e. The first kappa shape index (κ1) is 21.6. The van der Waals surface area contributed by atoms with E-state index in [9.17, 15) is 29.7 Å². The van der Waals surface area contributed by atoms with Gasteiger partial charge in [0.25, 0.3) is 5.91 Å². The van der Waals surface area contributed by atoms with Crippen LogP contribution in [0.4, 0.5) is 0 Å². The number of ketones is 1. The molecule has 7 nitrogen and oxygen atoms in total. The molecule has 0 aromatic heterocycles. The lowest BCUT2D eigenvalue weighted by Crippen LogP contribution is -2.49. The van der Waals surface area contributed by atoms with Crippen molar-refractivity contribution in [1.29, 1.82) is 0 Å². The molecule has 0 aromatic rings. The predicted molar refractivity (Wildman–Crippen MR) is 96.4 cm³/mol. The topological polar surface area (TPSA) is 115 Å². The van der Waals surface area contributed by atoms with Gasteiger partial charge in [0.15, 0.2) is 11.4 Å². The number of amides is 1. The summed E-state index contributed by atoms with van der Waals surface area (Å²) >= 11 is 0. The molecule has 1 amide bonds. The Morgan fingerprint density at radius 1 is 1.27 bits per heavy atom. The molecule has 0 aliphatic carbocycles. The first-order valence-electron chi connectivity index (χ1n) is 8.61. The zero-order valence-electron chi connectivity index (χ0n) is 15.6. The number of Topliss-reactive ketones (excluding diaryl/α,β-unsaturated/α-hetero) is 1. The highest BCUT2D eigenvalue weighted by molar-refractivity contribution is 6.27. The van der Waals surface area contributed by atoms with Crippen LogP contribution in [0.25, 0.3) is 0 Å². The summed E-state index contributed by atoms with van der Waals surface area (Å²) in [6.45, 7) is 5.07. The quantitative estimate of drug-likeness (QED) is 0.262. The monoisotopic (exact) mass is 365 g/mol. The molecule has 0 radical (unpaired) electrons. The third-order valence-electron chi connectivity index (χ3n) is 4.59. The fourth-order valence-electron chi connectivity index (χ4n) is 2.67. The average Bonchev–Trinajstić information content (AvgIpc) is 2.77. The minimum Gasteiger partial charge on any atom is -0.507 e. The first-order valence-corrected chi connectivity index (χ1v) is 8.61. The van der Waals surface area contributed by atoms with E-state index in [-0.39, 0.29) is 0 Å². The van der Waals surface area contributed by atoms with Gasteiger partial charge in [0, 0.05) is 13.5 Å². The number of allylic oxidation sites excluding steroid dienone is 4. The summed E-state index contributed by atoms with van der Waals surface area (Å²) in [4.78, 5) is 37.4. The molecule has 1 aliphatic heterocycles. The van der Waals surface area contributed by atoms with Crippen LogP contribution < -0.4 is 0 Å². The third-order valence-corrected chi connectivity index (χ3v) is 4.59. The number of aliphatic hydroxyl groups excluding tert-OH is 1. The number of likely N-dealkylation sites (N-methyl/N-ethyl adjacent to an activating group) is 1. The Morgan fingerprint density at radius 2 is 1.88 bits per heavy atom. The van der Waals surface area contributed by atoms with Crippen LogP contribution in [0, 0.1) is 5.92 Å². The number of likely N-dealkylation sites (tertiary alicyclic amines) is 1. The molecule has 2 unspecified atom stereocenters. The molecule has 0 bridgehead atoms. The van der Waals surface area contributed by atoms with Crippen molar-refractivity contribution in [2.45, 2.75) is 51.7 Å². The number of carboxylic acid groups (broad SMARTS) is 1. The number of hydrogen-bond acceptors (Lipinski definition) is 5. The first-order chi connectivity index (χ1) is 12.1. The zero-order chi connectivity index (χ0) is 20.1. The van der Waals surface area contributed by atoms with Gasteiger partial charge in [0.2, 0.25) is 0 Å². The van der Waals surface area contributed by atoms with Gasteiger partial charge in [0.1, 0.15) is 11.3 Å². The molecule has 0 spiro atoms. The van der Waals surface area contributed by atoms with Crippen LogP contribution in [0.15, 0.2) is 35.6 Å². The molecular weight excluding hydrogens is 338 g/mol. The summed E-state index contributed by atoms with van der Waals surface area (Å²) in [6.07, 6.45) is 7.76. The number of unbranched alkanes of at least 4 members (excludes halogenated alkanes) is 1. The molecule has 2 atom stereocenters. The fourth-order valence-corrected chi connectivity index (χ4v) is 2.67. The number of rotatable bonds is 8. The predicted octanol–water partition coefficient (Wildman–Crippen LogP) is 1.98. The van der Waals surface area contributed by atoms with Crippen molar-refractivity contribution in [2.75, 3.05) is 7.05 Å². The van der Waals surface area contributed by atoms with Gasteiger partial charge < -0.3 is 20.2 Å². The largest absolute Gasteiger partial charge is 0.507 e. The SMILES string of the molecule is CCC/C=C/C=C/C(O)=C1C(=O)C(CC(O)(C(=O)O)C(C)C)N(C)C1=O. The highest BCUT2D eigenvalue weighted by Crippen LogP contribution is 2.31. The van der Waals surface area contributed by atoms with Gasteiger partial charge in [0.05, 0.1) is 6.04 Å². The summed E-state index contributed by atoms with van der Waals surface area (Å²) in [6, 6.07) is -1.15. The number of nitrogens with zero attached hydrogens (tertiary/aromatic N) is 1. The molecule has 26 heavy (non-hydrogen) atoms. The molecular formula is C19H27NO6. The third kappa shape index (κ3) is 4.40. The van der Waals surface area contributed by atoms with Crippen molar-refractivity contribution in [3.05, 3.63) is 35.6 Å². The lowest BCUT2D eigenvalue weighted by Gasteiger charge is -2.31. The van der Waals surface area contributed by atoms with Gasteiger partial charge in [-0.3, -0.25) is 9.59 Å². The highest BCUT2D eigenvalue weighted by atomic mass is 16.4. The van der Waals surface area contributed by atoms with Crippen LogP contribution in [-0.4, -0.2) is 56.6 Å². The second kappa shape index (κ2) is 8.80. The van der Waals surface area contributed by atoms with Gasteiger partial charge >= 0.3 is 5.97 Å². The minimum atomic E-state index is -2.15. The standard InChI is InChI=1S/C19H27NO6/c1-5-6-7-8-9-10-14(21)15-16(22)13(20(4)17(15)23)11-19(26,12(2)3)18(24)25/h7-10,12-13,21,26H,5-6,11H2,1-4H3,(H,24,25)/b8-7+,10-9+,15-14?. The van der Waals surface area contributed by atoms with Crippen molar-refractivity contribution >= 4 is 17.7 Å². The summed E-state index contributed by atoms with van der Waals surface area (Å²) in [5.41, 5.74) is -2.55. The summed E-state index contributed by atoms with van der Waals surface area (Å²) in [7, 11) is 1.35. The van der Waals surface area contributed by atoms with Gasteiger partial charge in [-0.05, 0) is 18.4 Å². The van der Waals surface area contributed by atoms with Gasteiger partial charge in [-0.2, -0.15) is 0 Å². The van der Waals surface area contributed by atoms with Crippen molar-refractivity contribution in [3.63, 3.8) is 0 Å². The Morgan fingerprint density at radius 3 is 2.38 bits per heavy atom. The van der Waals surface area contributed by atoms with E-state index in [2.05, 4.69) is 0 Å². The van der Waals surface area contributed by atoms with Crippen molar-refractivity contribution < 1.29 is 29.7 Å². The Labute approximate surface area is 153 Å². The number of aliphatic carboxylic acids is 1. The van der Waals surface area contributed by atoms with E-state index in [1.165, 1.54) is 33.0 Å². The van der Waals surface area contributed by atoms with Crippen molar-refractivity contribution in [1.82, 2.24) is 4.90 Å². The second-order valence-electron chi connectivity index (χ2n) is 6.72. The number of carboxylic acids is 1. The molecule has 1 rings (SSSR count). The molecule has 3 N–H and O–H groups in total. The van der Waals surface area contributed by atoms with E-state index >= 15 is 0 Å². The molecule has 7 heteroatoms. The van der Waals surface area contributed by atoms with Crippen LogP contribution in [0.3, 0.4) is 0 Å². The van der Waals surface area contributed by atoms with Crippen molar-refractivity contribution in [2.24, 2.45) is 5.92 Å². The van der Waals surface area contributed by atoms with Crippen LogP contribution in [0.5, 0.6) is 0 Å². The molecule has 144 valence electrons. The summed E-state index contributed by atoms with van der Waals surface area (Å²) < 4.78 is 0. The number of aliphatic hydroxyl groups is 2. The zero-order valence-corrected chi connectivity index (χ0v) is 15.6. The number of carbonyl (C=O) groups is 3. The van der Waals surface area contributed by atoms with Crippen molar-refractivity contribution in [3.8, 4) is 0 Å². The molecule has 1 fully saturated rings. The van der Waals surface area contributed by atoms with Gasteiger partial charge in [-0.1, -0.05) is 45.4 Å². The van der Waals surface area contributed by atoms with Gasteiger partial charge in [-0.25, -0.2) is 4.79 Å². The Hall–Kier alpha value is -2.41. The normalized spacial score (nSPS) is 22.7. The van der Waals surface area contributed by atoms with E-state index in [1.807, 2.05) is 13.0 Å². The van der Waals surface area contributed by atoms with Crippen LogP contribution in [0.1, 0.15) is 40.0 Å². The molecule has 1 aliphatic rings. The van der Waals surface area contributed by atoms with E-state index in [4.69, 9.17) is 0 Å². The van der Waals surface area contributed by atoms with E-state index in [0.717, 1.165) is 17.7 Å². The molecule has 0 saturated carbocycles. The van der Waals surface area contributed by atoms with Gasteiger partial charge in [-0.15, -0.1) is 0 Å². The Kier molecular flexibility index (Phi) is 7.32. The van der Waals surface area contributed by atoms with E-state index in [1.54, 1.807) is 6.08 Å². The lowest BCUT2D eigenvalue weighted by atomic mass is 9.83. The Bertz CT molecular complexity index is 661. The summed E-state index contributed by atoms with van der Waals surface area (Å²) in [5, 5.41) is 29.8. The maximum absolute atomic E-state index is 12.6.